The van der Waals surface area contributed by atoms with Crippen LogP contribution in [0.2, 0.25) is 0 Å². The molecule has 0 saturated heterocycles. The molecule has 0 fully saturated rings. The fourth-order valence-electron chi connectivity index (χ4n) is 1.86. The summed E-state index contributed by atoms with van der Waals surface area (Å²) in [5.41, 5.74) is 3.97. The number of likely N-dealkylation sites (N-methyl/N-ethyl adjacent to an activating group) is 1. The molecule has 0 aliphatic carbocycles. The van der Waals surface area contributed by atoms with Crippen molar-refractivity contribution in [3.63, 3.8) is 0 Å². The zero-order valence-corrected chi connectivity index (χ0v) is 9.43. The Hall–Kier alpha value is -1.28. The molecule has 0 spiro atoms. The summed E-state index contributed by atoms with van der Waals surface area (Å²) in [4.78, 5) is 3.41. The van der Waals surface area contributed by atoms with Crippen LogP contribution in [0.15, 0.2) is 24.3 Å². The van der Waals surface area contributed by atoms with E-state index in [2.05, 4.69) is 41.5 Å². The lowest BCUT2D eigenvalue weighted by Gasteiger charge is -2.00. The van der Waals surface area contributed by atoms with Gasteiger partial charge in [-0.25, -0.2) is 0 Å². The Bertz CT molecular complexity index is 443. The Labute approximate surface area is 90.7 Å². The van der Waals surface area contributed by atoms with Crippen molar-refractivity contribution in [3.8, 4) is 0 Å². The van der Waals surface area contributed by atoms with Crippen molar-refractivity contribution in [2.24, 2.45) is 0 Å². The zero-order chi connectivity index (χ0) is 10.7. The van der Waals surface area contributed by atoms with E-state index in [1.165, 1.54) is 22.2 Å². The first-order chi connectivity index (χ1) is 7.33. The van der Waals surface area contributed by atoms with E-state index in [1.54, 1.807) is 0 Å². The number of aromatic amines is 1. The maximum Gasteiger partial charge on any atom is 0.0456 e. The maximum absolute atomic E-state index is 3.41. The van der Waals surface area contributed by atoms with Crippen molar-refractivity contribution in [2.45, 2.75) is 19.8 Å². The molecule has 0 saturated carbocycles. The van der Waals surface area contributed by atoms with Gasteiger partial charge in [0, 0.05) is 11.2 Å². The highest BCUT2D eigenvalue weighted by Gasteiger charge is 2.00. The Morgan fingerprint density at radius 2 is 2.13 bits per heavy atom. The Morgan fingerprint density at radius 3 is 2.87 bits per heavy atom. The molecule has 0 atom stereocenters. The summed E-state index contributed by atoms with van der Waals surface area (Å²) in [5, 5.41) is 4.51. The Morgan fingerprint density at radius 1 is 1.27 bits per heavy atom. The van der Waals surface area contributed by atoms with Gasteiger partial charge >= 0.3 is 0 Å². The van der Waals surface area contributed by atoms with Gasteiger partial charge in [0.15, 0.2) is 0 Å². The van der Waals surface area contributed by atoms with Crippen LogP contribution in [0, 0.1) is 0 Å². The van der Waals surface area contributed by atoms with Gasteiger partial charge in [-0.1, -0.05) is 13.0 Å². The van der Waals surface area contributed by atoms with Gasteiger partial charge in [-0.3, -0.25) is 0 Å². The molecule has 0 aliphatic rings. The van der Waals surface area contributed by atoms with Gasteiger partial charge in [0.05, 0.1) is 0 Å². The smallest absolute Gasteiger partial charge is 0.0456 e. The molecule has 2 heteroatoms. The molecule has 0 radical (unpaired) electrons. The molecule has 0 amide bonds. The van der Waals surface area contributed by atoms with E-state index in [9.17, 15) is 0 Å². The van der Waals surface area contributed by atoms with Crippen LogP contribution in [0.5, 0.6) is 0 Å². The summed E-state index contributed by atoms with van der Waals surface area (Å²) in [6, 6.07) is 8.91. The number of benzene rings is 1. The van der Waals surface area contributed by atoms with Crippen LogP contribution in [0.4, 0.5) is 0 Å². The van der Waals surface area contributed by atoms with Crippen LogP contribution < -0.4 is 5.32 Å². The number of H-pyrrole nitrogens is 1. The molecular weight excluding hydrogens is 184 g/mol. The summed E-state index contributed by atoms with van der Waals surface area (Å²) in [6.45, 7) is 3.21. The van der Waals surface area contributed by atoms with E-state index in [-0.39, 0.29) is 0 Å². The Balaban J connectivity index is 2.29. The highest BCUT2D eigenvalue weighted by Crippen LogP contribution is 2.17. The summed E-state index contributed by atoms with van der Waals surface area (Å²) < 4.78 is 0. The van der Waals surface area contributed by atoms with Crippen LogP contribution in [-0.4, -0.2) is 18.6 Å². The van der Waals surface area contributed by atoms with Gasteiger partial charge in [0.2, 0.25) is 0 Å². The molecule has 2 N–H and O–H groups in total. The number of aromatic nitrogens is 1. The van der Waals surface area contributed by atoms with Crippen molar-refractivity contribution in [1.29, 1.82) is 0 Å². The quantitative estimate of drug-likeness (QED) is 0.783. The van der Waals surface area contributed by atoms with Crippen LogP contribution in [0.1, 0.15) is 18.2 Å². The van der Waals surface area contributed by atoms with Gasteiger partial charge in [0.1, 0.15) is 0 Å². The number of aryl methyl sites for hydroxylation is 1. The normalized spacial score (nSPS) is 11.1. The third-order valence-electron chi connectivity index (χ3n) is 2.79. The van der Waals surface area contributed by atoms with Crippen LogP contribution in [-0.2, 0) is 12.8 Å². The number of nitrogens with one attached hydrogen (secondary N) is 2. The number of rotatable bonds is 4. The SMILES string of the molecule is CCc1cc2cc(CCNC)ccc2[nH]1. The molecule has 2 nitrogen and oxygen atoms in total. The fraction of sp³-hybridized carbons (Fsp3) is 0.385. The average molecular weight is 202 g/mol. The third-order valence-corrected chi connectivity index (χ3v) is 2.79. The van der Waals surface area contributed by atoms with Gasteiger partial charge in [-0.15, -0.1) is 0 Å². The molecule has 2 aromatic rings. The van der Waals surface area contributed by atoms with E-state index in [0.717, 1.165) is 19.4 Å². The summed E-state index contributed by atoms with van der Waals surface area (Å²) in [7, 11) is 1.99. The summed E-state index contributed by atoms with van der Waals surface area (Å²) in [5.74, 6) is 0. The van der Waals surface area contributed by atoms with Crippen LogP contribution in [0.3, 0.4) is 0 Å². The van der Waals surface area contributed by atoms with Gasteiger partial charge in [-0.05, 0) is 55.6 Å². The molecule has 0 unspecified atom stereocenters. The first-order valence-corrected chi connectivity index (χ1v) is 5.58. The zero-order valence-electron chi connectivity index (χ0n) is 9.43. The lowest BCUT2D eigenvalue weighted by molar-refractivity contribution is 0.792. The Kier molecular flexibility index (Phi) is 3.07. The van der Waals surface area contributed by atoms with Gasteiger partial charge in [-0.2, -0.15) is 0 Å². The van der Waals surface area contributed by atoms with Gasteiger partial charge in [0.25, 0.3) is 0 Å². The minimum atomic E-state index is 1.04. The van der Waals surface area contributed by atoms with E-state index in [4.69, 9.17) is 0 Å². The van der Waals surface area contributed by atoms with Crippen molar-refractivity contribution >= 4 is 10.9 Å². The second-order valence-corrected chi connectivity index (χ2v) is 3.92. The second kappa shape index (κ2) is 4.49. The molecule has 1 heterocycles. The molecule has 2 rings (SSSR count). The van der Waals surface area contributed by atoms with Crippen molar-refractivity contribution in [3.05, 3.63) is 35.5 Å². The molecule has 0 aliphatic heterocycles. The van der Waals surface area contributed by atoms with E-state index < -0.39 is 0 Å². The lowest BCUT2D eigenvalue weighted by Crippen LogP contribution is -2.10. The highest BCUT2D eigenvalue weighted by molar-refractivity contribution is 5.81. The monoisotopic (exact) mass is 202 g/mol. The minimum Gasteiger partial charge on any atom is -0.358 e. The maximum atomic E-state index is 3.41. The molecule has 1 aromatic heterocycles. The molecule has 1 aromatic carbocycles. The molecule has 15 heavy (non-hydrogen) atoms. The molecular formula is C13H18N2. The van der Waals surface area contributed by atoms with Crippen LogP contribution >= 0.6 is 0 Å². The molecule has 80 valence electrons. The number of hydrogen-bond acceptors (Lipinski definition) is 1. The average Bonchev–Trinajstić information content (AvgIpc) is 2.68. The van der Waals surface area contributed by atoms with E-state index in [0.29, 0.717) is 0 Å². The minimum absolute atomic E-state index is 1.04. The first-order valence-electron chi connectivity index (χ1n) is 5.58. The standard InChI is InChI=1S/C13H18N2/c1-3-12-9-11-8-10(6-7-14-2)4-5-13(11)15-12/h4-5,8-9,14-15H,3,6-7H2,1-2H3. The number of fused-ring (bicyclic) bond motifs is 1. The molecule has 0 bridgehead atoms. The lowest BCUT2D eigenvalue weighted by atomic mass is 10.1. The fourth-order valence-corrected chi connectivity index (χ4v) is 1.86. The number of hydrogen-bond donors (Lipinski definition) is 2. The predicted octanol–water partition coefficient (Wildman–Crippen LogP) is 2.49. The first kappa shape index (κ1) is 10.2. The van der Waals surface area contributed by atoms with E-state index in [1.807, 2.05) is 7.05 Å². The summed E-state index contributed by atoms with van der Waals surface area (Å²) >= 11 is 0. The highest BCUT2D eigenvalue weighted by atomic mass is 14.8. The van der Waals surface area contributed by atoms with Gasteiger partial charge < -0.3 is 10.3 Å². The van der Waals surface area contributed by atoms with Crippen molar-refractivity contribution in [2.75, 3.05) is 13.6 Å². The third kappa shape index (κ3) is 2.21. The largest absolute Gasteiger partial charge is 0.358 e. The van der Waals surface area contributed by atoms with Crippen molar-refractivity contribution < 1.29 is 0 Å². The second-order valence-electron chi connectivity index (χ2n) is 3.92. The van der Waals surface area contributed by atoms with Crippen molar-refractivity contribution in [1.82, 2.24) is 10.3 Å². The topological polar surface area (TPSA) is 27.8 Å². The predicted molar refractivity (Wildman–Crippen MR) is 65.3 cm³/mol. The summed E-state index contributed by atoms with van der Waals surface area (Å²) in [6.07, 6.45) is 2.17. The van der Waals surface area contributed by atoms with E-state index >= 15 is 0 Å². The van der Waals surface area contributed by atoms with Crippen LogP contribution in [0.25, 0.3) is 10.9 Å².